The molecule has 0 amide bonds. The van der Waals surface area contributed by atoms with Gasteiger partial charge in [0, 0.05) is 18.0 Å². The topological polar surface area (TPSA) is 69.4 Å². The molecule has 0 aromatic carbocycles. The van der Waals surface area contributed by atoms with E-state index in [2.05, 4.69) is 6.42 Å². The summed E-state index contributed by atoms with van der Waals surface area (Å²) in [5.41, 5.74) is 0. The molecule has 1 atom stereocenters. The van der Waals surface area contributed by atoms with Crippen LogP contribution in [-0.2, 0) is 9.53 Å². The zero-order valence-corrected chi connectivity index (χ0v) is 12.8. The fourth-order valence-electron chi connectivity index (χ4n) is 2.67. The maximum absolute atomic E-state index is 10.4. The van der Waals surface area contributed by atoms with Crippen LogP contribution in [0.1, 0.15) is 70.6 Å². The van der Waals surface area contributed by atoms with E-state index < -0.39 is 11.0 Å². The molecule has 21 heavy (non-hydrogen) atoms. The molecule has 5 nitrogen and oxygen atoms in total. The summed E-state index contributed by atoms with van der Waals surface area (Å²) in [6.07, 6.45) is 15.5. The van der Waals surface area contributed by atoms with E-state index in [0.29, 0.717) is 12.5 Å². The van der Waals surface area contributed by atoms with Crippen molar-refractivity contribution in [3.05, 3.63) is 16.5 Å². The first kappa shape index (κ1) is 18.1. The van der Waals surface area contributed by atoms with Gasteiger partial charge in [0.2, 0.25) is 0 Å². The summed E-state index contributed by atoms with van der Waals surface area (Å²) in [7, 11) is 0. The third-order valence-electron chi connectivity index (χ3n) is 4.00. The normalized spacial score (nSPS) is 17.5. The molecule has 1 saturated carbocycles. The van der Waals surface area contributed by atoms with E-state index in [9.17, 15) is 14.9 Å². The molecule has 2 radical (unpaired) electrons. The number of nitrogens with zero attached hydrogens (tertiary/aromatic N) is 1. The first-order valence-corrected chi connectivity index (χ1v) is 8.18. The summed E-state index contributed by atoms with van der Waals surface area (Å²) in [4.78, 5) is 20.2. The van der Waals surface area contributed by atoms with Gasteiger partial charge >= 0.3 is 0 Å². The summed E-state index contributed by atoms with van der Waals surface area (Å²) >= 11 is 0. The fraction of sp³-hybridized carbons (Fsp3) is 0.875. The predicted octanol–water partition coefficient (Wildman–Crippen LogP) is 3.64. The molecule has 1 unspecified atom stereocenters. The van der Waals surface area contributed by atoms with Crippen LogP contribution in [0.5, 0.6) is 0 Å². The average molecular weight is 297 g/mol. The lowest BCUT2D eigenvalue weighted by molar-refractivity contribution is -0.503. The lowest BCUT2D eigenvalue weighted by Gasteiger charge is -2.21. The molecule has 1 aliphatic rings. The lowest BCUT2D eigenvalue weighted by Crippen LogP contribution is -2.20. The van der Waals surface area contributed by atoms with Crippen LogP contribution in [0.3, 0.4) is 0 Å². The average Bonchev–Trinajstić information content (AvgIpc) is 2.50. The third kappa shape index (κ3) is 8.81. The Morgan fingerprint density at radius 1 is 1.14 bits per heavy atom. The van der Waals surface area contributed by atoms with Crippen LogP contribution in [0.2, 0.25) is 0 Å². The van der Waals surface area contributed by atoms with E-state index in [1.54, 1.807) is 0 Å². The highest BCUT2D eigenvalue weighted by atomic mass is 16.6. The Balaban J connectivity index is 1.84. The molecule has 1 aliphatic carbocycles. The molecule has 0 saturated heterocycles. The summed E-state index contributed by atoms with van der Waals surface area (Å²) in [5.74, 6) is 0. The van der Waals surface area contributed by atoms with Crippen LogP contribution >= 0.6 is 0 Å². The minimum atomic E-state index is -1.13. The smallest absolute Gasteiger partial charge is 0.278 e. The Morgan fingerprint density at radius 2 is 1.76 bits per heavy atom. The molecule has 0 aromatic heterocycles. The Hall–Kier alpha value is -0.970. The SMILES string of the molecule is O=[C]C(CCCCCCCCOC1CC[CH]CC1)[N+](=O)[O-]. The van der Waals surface area contributed by atoms with Gasteiger partial charge in [-0.3, -0.25) is 14.9 Å². The number of ether oxygens (including phenoxy) is 1. The van der Waals surface area contributed by atoms with Gasteiger partial charge in [0.05, 0.1) is 6.10 Å². The quantitative estimate of drug-likeness (QED) is 0.313. The van der Waals surface area contributed by atoms with Crippen molar-refractivity contribution in [2.24, 2.45) is 0 Å². The molecule has 0 heterocycles. The van der Waals surface area contributed by atoms with Crippen molar-refractivity contribution in [3.8, 4) is 0 Å². The molecule has 0 spiro atoms. The maximum atomic E-state index is 10.4. The third-order valence-corrected chi connectivity index (χ3v) is 4.00. The molecule has 0 aliphatic heterocycles. The first-order chi connectivity index (χ1) is 10.2. The van der Waals surface area contributed by atoms with Gasteiger partial charge in [-0.2, -0.15) is 0 Å². The summed E-state index contributed by atoms with van der Waals surface area (Å²) in [5, 5.41) is 10.4. The molecule has 0 N–H and O–H groups in total. The zero-order valence-electron chi connectivity index (χ0n) is 12.8. The van der Waals surface area contributed by atoms with Crippen LogP contribution in [0.25, 0.3) is 0 Å². The van der Waals surface area contributed by atoms with Crippen LogP contribution in [-0.4, -0.2) is 30.0 Å². The van der Waals surface area contributed by atoms with Crippen molar-refractivity contribution in [2.75, 3.05) is 6.61 Å². The van der Waals surface area contributed by atoms with Crippen molar-refractivity contribution < 1.29 is 14.5 Å². The summed E-state index contributed by atoms with van der Waals surface area (Å²) < 4.78 is 5.85. The molecular weight excluding hydrogens is 270 g/mol. The molecule has 120 valence electrons. The molecule has 1 rings (SSSR count). The van der Waals surface area contributed by atoms with Crippen molar-refractivity contribution in [2.45, 2.75) is 82.8 Å². The number of unbranched alkanes of at least 4 members (excludes halogenated alkanes) is 5. The maximum Gasteiger partial charge on any atom is 0.278 e. The molecule has 5 heteroatoms. The van der Waals surface area contributed by atoms with Crippen LogP contribution in [0.4, 0.5) is 0 Å². The Kier molecular flexibility index (Phi) is 10.0. The van der Waals surface area contributed by atoms with Crippen molar-refractivity contribution >= 4 is 6.29 Å². The first-order valence-electron chi connectivity index (χ1n) is 8.18. The van der Waals surface area contributed by atoms with Crippen molar-refractivity contribution in [1.82, 2.24) is 0 Å². The summed E-state index contributed by atoms with van der Waals surface area (Å²) in [6.45, 7) is 0.855. The van der Waals surface area contributed by atoms with Gasteiger partial charge < -0.3 is 4.74 Å². The Bertz CT molecular complexity index is 290. The molecule has 0 bridgehead atoms. The monoisotopic (exact) mass is 297 g/mol. The zero-order chi connectivity index (χ0) is 15.3. The largest absolute Gasteiger partial charge is 0.378 e. The highest BCUT2D eigenvalue weighted by Crippen LogP contribution is 2.19. The van der Waals surface area contributed by atoms with Crippen molar-refractivity contribution in [1.29, 1.82) is 0 Å². The van der Waals surface area contributed by atoms with E-state index >= 15 is 0 Å². The second-order valence-corrected chi connectivity index (χ2v) is 5.77. The highest BCUT2D eigenvalue weighted by Gasteiger charge is 2.18. The van der Waals surface area contributed by atoms with E-state index in [1.165, 1.54) is 32.0 Å². The van der Waals surface area contributed by atoms with Crippen LogP contribution in [0, 0.1) is 16.5 Å². The standard InChI is InChI=1S/C16H27NO4/c18-14-15(17(19)20)10-6-3-1-2-4-9-13-21-16-11-7-5-8-12-16/h5,15-16H,1-4,6-13H2. The molecule has 1 fully saturated rings. The van der Waals surface area contributed by atoms with Crippen LogP contribution < -0.4 is 0 Å². The second-order valence-electron chi connectivity index (χ2n) is 5.77. The number of rotatable bonds is 12. The molecular formula is C16H27NO4. The highest BCUT2D eigenvalue weighted by molar-refractivity contribution is 5.56. The fourth-order valence-corrected chi connectivity index (χ4v) is 2.67. The van der Waals surface area contributed by atoms with Gasteiger partial charge in [0.25, 0.3) is 12.3 Å². The number of carbonyl (C=O) groups excluding carboxylic acids is 1. The van der Waals surface area contributed by atoms with Gasteiger partial charge in [0.15, 0.2) is 0 Å². The number of hydrogen-bond donors (Lipinski definition) is 0. The van der Waals surface area contributed by atoms with E-state index in [-0.39, 0.29) is 0 Å². The second kappa shape index (κ2) is 11.7. The minimum absolute atomic E-state index is 0.318. The van der Waals surface area contributed by atoms with E-state index in [4.69, 9.17) is 4.74 Å². The van der Waals surface area contributed by atoms with Gasteiger partial charge in [0.1, 0.15) is 0 Å². The number of nitro groups is 1. The van der Waals surface area contributed by atoms with Crippen LogP contribution in [0.15, 0.2) is 0 Å². The predicted molar refractivity (Wildman–Crippen MR) is 81.3 cm³/mol. The van der Waals surface area contributed by atoms with Gasteiger partial charge in [-0.15, -0.1) is 0 Å². The Morgan fingerprint density at radius 3 is 2.38 bits per heavy atom. The van der Waals surface area contributed by atoms with E-state index in [1.807, 2.05) is 0 Å². The van der Waals surface area contributed by atoms with E-state index in [0.717, 1.165) is 45.1 Å². The van der Waals surface area contributed by atoms with Crippen molar-refractivity contribution in [3.63, 3.8) is 0 Å². The van der Waals surface area contributed by atoms with Gasteiger partial charge in [-0.05, 0) is 44.9 Å². The minimum Gasteiger partial charge on any atom is -0.378 e. The van der Waals surface area contributed by atoms with Gasteiger partial charge in [-0.25, -0.2) is 0 Å². The number of hydrogen-bond acceptors (Lipinski definition) is 4. The van der Waals surface area contributed by atoms with Gasteiger partial charge in [-0.1, -0.05) is 25.7 Å². The molecule has 0 aromatic rings. The summed E-state index contributed by atoms with van der Waals surface area (Å²) in [6, 6.07) is -1.13. The Labute approximate surface area is 127 Å². The lowest BCUT2D eigenvalue weighted by atomic mass is 9.98.